The maximum absolute atomic E-state index is 13.0. The van der Waals surface area contributed by atoms with E-state index < -0.39 is 5.63 Å². The van der Waals surface area contributed by atoms with E-state index in [1.165, 1.54) is 0 Å². The van der Waals surface area contributed by atoms with Crippen LogP contribution in [0.4, 0.5) is 0 Å². The van der Waals surface area contributed by atoms with Gasteiger partial charge in [-0.15, -0.1) is 6.42 Å². The molecule has 1 amide bonds. The zero-order chi connectivity index (χ0) is 19.5. The lowest BCUT2D eigenvalue weighted by Crippen LogP contribution is -2.41. The summed E-state index contributed by atoms with van der Waals surface area (Å²) in [4.78, 5) is 27.1. The minimum atomic E-state index is -0.591. The molecule has 5 nitrogen and oxygen atoms in total. The Labute approximate surface area is 162 Å². The van der Waals surface area contributed by atoms with Crippen LogP contribution in [0.25, 0.3) is 21.7 Å². The van der Waals surface area contributed by atoms with Crippen molar-refractivity contribution in [3.05, 3.63) is 58.4 Å². The first-order valence-corrected chi connectivity index (χ1v) is 9.43. The van der Waals surface area contributed by atoms with Crippen LogP contribution in [0.3, 0.4) is 0 Å². The third-order valence-electron chi connectivity index (χ3n) is 5.31. The van der Waals surface area contributed by atoms with E-state index in [9.17, 15) is 9.59 Å². The number of rotatable bonds is 4. The summed E-state index contributed by atoms with van der Waals surface area (Å²) in [6.45, 7) is 2.10. The first-order chi connectivity index (χ1) is 13.7. The Morgan fingerprint density at radius 3 is 2.75 bits per heavy atom. The van der Waals surface area contributed by atoms with Gasteiger partial charge in [0.05, 0.1) is 6.61 Å². The van der Waals surface area contributed by atoms with E-state index in [1.54, 1.807) is 17.0 Å². The number of benzene rings is 2. The summed E-state index contributed by atoms with van der Waals surface area (Å²) in [7, 11) is 0. The molecule has 2 heterocycles. The van der Waals surface area contributed by atoms with E-state index >= 15 is 0 Å². The zero-order valence-corrected chi connectivity index (χ0v) is 15.5. The lowest BCUT2D eigenvalue weighted by Gasteiger charge is -2.31. The van der Waals surface area contributed by atoms with E-state index in [2.05, 4.69) is 5.92 Å². The van der Waals surface area contributed by atoms with Gasteiger partial charge in [-0.05, 0) is 41.7 Å². The highest BCUT2D eigenvalue weighted by molar-refractivity contribution is 6.07. The van der Waals surface area contributed by atoms with Crippen molar-refractivity contribution in [2.24, 2.45) is 5.92 Å². The predicted octanol–water partition coefficient (Wildman–Crippen LogP) is 3.45. The number of hydrogen-bond acceptors (Lipinski definition) is 4. The van der Waals surface area contributed by atoms with Crippen molar-refractivity contribution in [3.63, 3.8) is 0 Å². The molecular formula is C23H21NO4. The third kappa shape index (κ3) is 3.51. The van der Waals surface area contributed by atoms with Crippen molar-refractivity contribution in [3.8, 4) is 12.3 Å². The number of hydrogen-bond donors (Lipinski definition) is 0. The first-order valence-electron chi connectivity index (χ1n) is 9.43. The van der Waals surface area contributed by atoms with E-state index in [1.807, 2.05) is 30.3 Å². The highest BCUT2D eigenvalue weighted by atomic mass is 16.5. The maximum Gasteiger partial charge on any atom is 0.349 e. The molecule has 3 aromatic rings. The third-order valence-corrected chi connectivity index (χ3v) is 5.31. The summed E-state index contributed by atoms with van der Waals surface area (Å²) in [5, 5.41) is 2.77. The lowest BCUT2D eigenvalue weighted by atomic mass is 9.97. The second kappa shape index (κ2) is 7.87. The quantitative estimate of drug-likeness (QED) is 0.303. The fraction of sp³-hybridized carbons (Fsp3) is 0.304. The molecule has 0 bridgehead atoms. The van der Waals surface area contributed by atoms with Gasteiger partial charge in [-0.2, -0.15) is 0 Å². The molecule has 0 aliphatic carbocycles. The normalized spacial score (nSPS) is 15.0. The number of nitrogens with zero attached hydrogens (tertiary/aromatic N) is 1. The van der Waals surface area contributed by atoms with Gasteiger partial charge in [0.15, 0.2) is 0 Å². The Bertz CT molecular complexity index is 1120. The van der Waals surface area contributed by atoms with Gasteiger partial charge >= 0.3 is 5.63 Å². The average molecular weight is 375 g/mol. The molecule has 142 valence electrons. The highest BCUT2D eigenvalue weighted by Crippen LogP contribution is 2.26. The standard InChI is InChI=1S/C23H21NO4/c1-2-13-27-15-16-9-11-24(12-10-16)22(25)20-14-19-18-6-4-3-5-17(18)7-8-21(19)28-23(20)26/h1,3-8,14,16H,9-13,15H2. The monoisotopic (exact) mass is 375 g/mol. The van der Waals surface area contributed by atoms with Gasteiger partial charge in [-0.3, -0.25) is 4.79 Å². The van der Waals surface area contributed by atoms with Gasteiger partial charge in [-0.25, -0.2) is 4.79 Å². The van der Waals surface area contributed by atoms with Crippen LogP contribution in [0.5, 0.6) is 0 Å². The van der Waals surface area contributed by atoms with E-state index in [0.717, 1.165) is 29.0 Å². The predicted molar refractivity (Wildman–Crippen MR) is 108 cm³/mol. The van der Waals surface area contributed by atoms with Crippen LogP contribution < -0.4 is 5.63 Å². The van der Waals surface area contributed by atoms with Crippen LogP contribution in [0.1, 0.15) is 23.2 Å². The molecule has 0 saturated carbocycles. The number of carbonyl (C=O) groups is 1. The minimum Gasteiger partial charge on any atom is -0.422 e. The van der Waals surface area contributed by atoms with Crippen LogP contribution >= 0.6 is 0 Å². The fourth-order valence-electron chi connectivity index (χ4n) is 3.78. The molecule has 0 unspecified atom stereocenters. The van der Waals surface area contributed by atoms with Gasteiger partial charge in [0.25, 0.3) is 5.91 Å². The molecule has 5 heteroatoms. The Morgan fingerprint density at radius 1 is 1.18 bits per heavy atom. The van der Waals surface area contributed by atoms with Gasteiger partial charge in [0.1, 0.15) is 17.8 Å². The summed E-state index contributed by atoms with van der Waals surface area (Å²) >= 11 is 0. The van der Waals surface area contributed by atoms with Gasteiger partial charge in [-0.1, -0.05) is 36.3 Å². The van der Waals surface area contributed by atoms with Crippen molar-refractivity contribution in [2.45, 2.75) is 12.8 Å². The topological polar surface area (TPSA) is 59.8 Å². The molecule has 1 aromatic heterocycles. The number of likely N-dealkylation sites (tertiary alicyclic amines) is 1. The van der Waals surface area contributed by atoms with Crippen molar-refractivity contribution < 1.29 is 13.9 Å². The molecule has 0 N–H and O–H groups in total. The van der Waals surface area contributed by atoms with Gasteiger partial charge in [0.2, 0.25) is 0 Å². The smallest absolute Gasteiger partial charge is 0.349 e. The summed E-state index contributed by atoms with van der Waals surface area (Å²) in [6.07, 6.45) is 6.86. The molecule has 4 rings (SSSR count). The summed E-state index contributed by atoms with van der Waals surface area (Å²) in [5.74, 6) is 2.57. The molecule has 2 aromatic carbocycles. The molecule has 1 saturated heterocycles. The number of carbonyl (C=O) groups excluding carboxylic acids is 1. The highest BCUT2D eigenvalue weighted by Gasteiger charge is 2.26. The number of ether oxygens (including phenoxy) is 1. The largest absolute Gasteiger partial charge is 0.422 e. The van der Waals surface area contributed by atoms with Gasteiger partial charge in [0, 0.05) is 18.5 Å². The van der Waals surface area contributed by atoms with E-state index in [4.69, 9.17) is 15.6 Å². The second-order valence-electron chi connectivity index (χ2n) is 7.10. The molecule has 0 atom stereocenters. The Kier molecular flexibility index (Phi) is 5.14. The van der Waals surface area contributed by atoms with E-state index in [-0.39, 0.29) is 11.5 Å². The first kappa shape index (κ1) is 18.3. The Balaban J connectivity index is 1.58. The summed E-state index contributed by atoms with van der Waals surface area (Å²) in [5.41, 5.74) is -0.0113. The Morgan fingerprint density at radius 2 is 1.96 bits per heavy atom. The van der Waals surface area contributed by atoms with E-state index in [0.29, 0.717) is 37.8 Å². The molecule has 28 heavy (non-hydrogen) atoms. The molecule has 1 fully saturated rings. The second-order valence-corrected chi connectivity index (χ2v) is 7.10. The maximum atomic E-state index is 13.0. The fourth-order valence-corrected chi connectivity index (χ4v) is 3.78. The van der Waals surface area contributed by atoms with Crippen LogP contribution in [-0.4, -0.2) is 37.1 Å². The van der Waals surface area contributed by atoms with Crippen LogP contribution in [0, 0.1) is 18.3 Å². The molecule has 0 spiro atoms. The van der Waals surface area contributed by atoms with Gasteiger partial charge < -0.3 is 14.1 Å². The van der Waals surface area contributed by atoms with Crippen molar-refractivity contribution in [1.29, 1.82) is 0 Å². The molecule has 0 radical (unpaired) electrons. The summed E-state index contributed by atoms with van der Waals surface area (Å²) in [6, 6.07) is 13.2. The zero-order valence-electron chi connectivity index (χ0n) is 15.5. The van der Waals surface area contributed by atoms with Crippen LogP contribution in [-0.2, 0) is 4.74 Å². The van der Waals surface area contributed by atoms with Crippen LogP contribution in [0.15, 0.2) is 51.7 Å². The SMILES string of the molecule is C#CCOCC1CCN(C(=O)c2cc3c(ccc4ccccc43)oc2=O)CC1. The number of fused-ring (bicyclic) bond motifs is 3. The van der Waals surface area contributed by atoms with Crippen LogP contribution in [0.2, 0.25) is 0 Å². The Hall–Kier alpha value is -3.10. The molecule has 1 aliphatic rings. The average Bonchev–Trinajstić information content (AvgIpc) is 2.73. The minimum absolute atomic E-state index is 0.0888. The molecular weight excluding hydrogens is 354 g/mol. The number of piperidine rings is 1. The van der Waals surface area contributed by atoms with Crippen molar-refractivity contribution in [1.82, 2.24) is 4.90 Å². The summed E-state index contributed by atoms with van der Waals surface area (Å²) < 4.78 is 10.9. The number of amides is 1. The number of terminal acetylenes is 1. The lowest BCUT2D eigenvalue weighted by molar-refractivity contribution is 0.0578. The van der Waals surface area contributed by atoms with Crippen molar-refractivity contribution >= 4 is 27.6 Å². The van der Waals surface area contributed by atoms with Crippen molar-refractivity contribution in [2.75, 3.05) is 26.3 Å². The molecule has 1 aliphatic heterocycles.